The minimum Gasteiger partial charge on any atom is -0.395 e. The summed E-state index contributed by atoms with van der Waals surface area (Å²) in [7, 11) is 0. The van der Waals surface area contributed by atoms with E-state index in [1.54, 1.807) is 22.8 Å². The molecule has 0 atom stereocenters. The molecule has 0 unspecified atom stereocenters. The Labute approximate surface area is 91.7 Å². The number of aromatic nitrogens is 2. The van der Waals surface area contributed by atoms with Crippen molar-refractivity contribution in [2.75, 3.05) is 6.61 Å². The van der Waals surface area contributed by atoms with Gasteiger partial charge in [-0.15, -0.1) is 0 Å². The van der Waals surface area contributed by atoms with Gasteiger partial charge in [0.15, 0.2) is 0 Å². The molecule has 0 saturated carbocycles. The molecule has 0 aliphatic rings. The molecular formula is C10H11ClN2O2. The number of aliphatic hydroxyl groups excluding tert-OH is 2. The highest BCUT2D eigenvalue weighted by atomic mass is 35.5. The van der Waals surface area contributed by atoms with Gasteiger partial charge in [0.1, 0.15) is 12.4 Å². The molecule has 1 heterocycles. The number of nitrogens with zero attached hydrogens (tertiary/aromatic N) is 2. The molecule has 80 valence electrons. The van der Waals surface area contributed by atoms with Crippen molar-refractivity contribution >= 4 is 22.6 Å². The minimum atomic E-state index is -0.147. The third-order valence-electron chi connectivity index (χ3n) is 2.25. The van der Waals surface area contributed by atoms with Crippen LogP contribution >= 0.6 is 11.6 Å². The van der Waals surface area contributed by atoms with Gasteiger partial charge in [0.25, 0.3) is 0 Å². The third kappa shape index (κ3) is 1.84. The summed E-state index contributed by atoms with van der Waals surface area (Å²) in [4.78, 5) is 4.23. The van der Waals surface area contributed by atoms with Gasteiger partial charge >= 0.3 is 0 Å². The molecule has 0 aliphatic heterocycles. The van der Waals surface area contributed by atoms with E-state index in [2.05, 4.69) is 4.98 Å². The third-order valence-corrected chi connectivity index (χ3v) is 2.49. The molecule has 0 bridgehead atoms. The van der Waals surface area contributed by atoms with Crippen molar-refractivity contribution in [3.8, 4) is 0 Å². The standard InChI is InChI=1S/C10H11ClN2O2/c11-7-1-2-8-9(5-7)13(3-4-14)10(6-15)12-8/h1-2,5,14-15H,3-4,6H2. The highest BCUT2D eigenvalue weighted by Crippen LogP contribution is 2.20. The monoisotopic (exact) mass is 226 g/mol. The van der Waals surface area contributed by atoms with E-state index in [-0.39, 0.29) is 13.2 Å². The first-order chi connectivity index (χ1) is 7.26. The van der Waals surface area contributed by atoms with Crippen LogP contribution in [0.4, 0.5) is 0 Å². The first-order valence-electron chi connectivity index (χ1n) is 4.62. The van der Waals surface area contributed by atoms with Gasteiger partial charge in [-0.25, -0.2) is 4.98 Å². The largest absolute Gasteiger partial charge is 0.395 e. The second kappa shape index (κ2) is 4.18. The van der Waals surface area contributed by atoms with Crippen molar-refractivity contribution in [1.29, 1.82) is 0 Å². The van der Waals surface area contributed by atoms with Crippen LogP contribution in [0, 0.1) is 0 Å². The van der Waals surface area contributed by atoms with E-state index in [0.717, 1.165) is 11.0 Å². The van der Waals surface area contributed by atoms with Crippen LogP contribution in [-0.4, -0.2) is 26.4 Å². The Morgan fingerprint density at radius 3 is 2.80 bits per heavy atom. The Morgan fingerprint density at radius 1 is 1.33 bits per heavy atom. The van der Waals surface area contributed by atoms with Gasteiger partial charge in [0.2, 0.25) is 0 Å². The fourth-order valence-electron chi connectivity index (χ4n) is 1.62. The maximum atomic E-state index is 9.12. The molecule has 0 radical (unpaired) electrons. The molecule has 2 aromatic rings. The van der Waals surface area contributed by atoms with Crippen molar-refractivity contribution < 1.29 is 10.2 Å². The molecule has 4 nitrogen and oxygen atoms in total. The smallest absolute Gasteiger partial charge is 0.135 e. The predicted molar refractivity (Wildman–Crippen MR) is 57.8 cm³/mol. The lowest BCUT2D eigenvalue weighted by Crippen LogP contribution is -2.06. The van der Waals surface area contributed by atoms with Gasteiger partial charge in [-0.05, 0) is 18.2 Å². The summed E-state index contributed by atoms with van der Waals surface area (Å²) in [5.41, 5.74) is 1.61. The number of halogens is 1. The van der Waals surface area contributed by atoms with Crippen molar-refractivity contribution in [1.82, 2.24) is 9.55 Å². The molecule has 1 aromatic heterocycles. The molecule has 0 saturated heterocycles. The summed E-state index contributed by atoms with van der Waals surface area (Å²) in [6, 6.07) is 5.32. The molecule has 0 fully saturated rings. The summed E-state index contributed by atoms with van der Waals surface area (Å²) >= 11 is 5.88. The van der Waals surface area contributed by atoms with Crippen molar-refractivity contribution in [3.05, 3.63) is 29.0 Å². The van der Waals surface area contributed by atoms with E-state index in [1.807, 2.05) is 0 Å². The lowest BCUT2D eigenvalue weighted by Gasteiger charge is -2.04. The molecule has 15 heavy (non-hydrogen) atoms. The average Bonchev–Trinajstić information content (AvgIpc) is 2.57. The second-order valence-corrected chi connectivity index (χ2v) is 3.63. The zero-order chi connectivity index (χ0) is 10.8. The number of imidazole rings is 1. The number of rotatable bonds is 3. The number of hydrogen-bond acceptors (Lipinski definition) is 3. The van der Waals surface area contributed by atoms with E-state index in [0.29, 0.717) is 17.4 Å². The van der Waals surface area contributed by atoms with Crippen LogP contribution in [0.15, 0.2) is 18.2 Å². The zero-order valence-corrected chi connectivity index (χ0v) is 8.78. The van der Waals surface area contributed by atoms with E-state index in [9.17, 15) is 0 Å². The summed E-state index contributed by atoms with van der Waals surface area (Å²) in [6.07, 6.45) is 0. The van der Waals surface area contributed by atoms with E-state index < -0.39 is 0 Å². The number of hydrogen-bond donors (Lipinski definition) is 2. The van der Waals surface area contributed by atoms with Gasteiger partial charge in [-0.1, -0.05) is 11.6 Å². The summed E-state index contributed by atoms with van der Waals surface area (Å²) in [6.45, 7) is 0.268. The normalized spacial score (nSPS) is 11.1. The van der Waals surface area contributed by atoms with Gasteiger partial charge in [0.05, 0.1) is 17.6 Å². The lowest BCUT2D eigenvalue weighted by atomic mass is 10.3. The van der Waals surface area contributed by atoms with Gasteiger partial charge < -0.3 is 14.8 Å². The van der Waals surface area contributed by atoms with E-state index in [4.69, 9.17) is 21.8 Å². The quantitative estimate of drug-likeness (QED) is 0.826. The Bertz CT molecular complexity index is 481. The highest BCUT2D eigenvalue weighted by Gasteiger charge is 2.09. The van der Waals surface area contributed by atoms with Crippen molar-refractivity contribution in [2.45, 2.75) is 13.2 Å². The van der Waals surface area contributed by atoms with Crippen molar-refractivity contribution in [3.63, 3.8) is 0 Å². The number of fused-ring (bicyclic) bond motifs is 1. The topological polar surface area (TPSA) is 58.3 Å². The maximum Gasteiger partial charge on any atom is 0.135 e. The van der Waals surface area contributed by atoms with Crippen LogP contribution in [0.3, 0.4) is 0 Å². The summed E-state index contributed by atoms with van der Waals surface area (Å²) < 4.78 is 1.77. The van der Waals surface area contributed by atoms with Crippen LogP contribution in [0.5, 0.6) is 0 Å². The summed E-state index contributed by atoms with van der Waals surface area (Å²) in [5.74, 6) is 0.543. The van der Waals surface area contributed by atoms with Crippen molar-refractivity contribution in [2.24, 2.45) is 0 Å². The summed E-state index contributed by atoms with van der Waals surface area (Å²) in [5, 5.41) is 18.7. The first-order valence-corrected chi connectivity index (χ1v) is 5.00. The highest BCUT2D eigenvalue weighted by molar-refractivity contribution is 6.31. The number of benzene rings is 1. The van der Waals surface area contributed by atoms with Gasteiger partial charge in [-0.2, -0.15) is 0 Å². The first kappa shape index (κ1) is 10.4. The van der Waals surface area contributed by atoms with Gasteiger partial charge in [-0.3, -0.25) is 0 Å². The Morgan fingerprint density at radius 2 is 2.13 bits per heavy atom. The maximum absolute atomic E-state index is 9.12. The molecule has 2 N–H and O–H groups in total. The van der Waals surface area contributed by atoms with Crippen LogP contribution in [0.25, 0.3) is 11.0 Å². The fraction of sp³-hybridized carbons (Fsp3) is 0.300. The van der Waals surface area contributed by atoms with Crippen LogP contribution in [0.2, 0.25) is 5.02 Å². The average molecular weight is 227 g/mol. The van der Waals surface area contributed by atoms with Crippen LogP contribution in [-0.2, 0) is 13.2 Å². The zero-order valence-electron chi connectivity index (χ0n) is 8.02. The fourth-order valence-corrected chi connectivity index (χ4v) is 1.78. The lowest BCUT2D eigenvalue weighted by molar-refractivity contribution is 0.248. The second-order valence-electron chi connectivity index (χ2n) is 3.19. The van der Waals surface area contributed by atoms with Crippen LogP contribution < -0.4 is 0 Å². The van der Waals surface area contributed by atoms with Crippen LogP contribution in [0.1, 0.15) is 5.82 Å². The Balaban J connectivity index is 2.65. The number of aliphatic hydroxyl groups is 2. The molecule has 2 rings (SSSR count). The van der Waals surface area contributed by atoms with E-state index >= 15 is 0 Å². The van der Waals surface area contributed by atoms with E-state index in [1.165, 1.54) is 0 Å². The SMILES string of the molecule is OCCn1c(CO)nc2ccc(Cl)cc21. The molecular weight excluding hydrogens is 216 g/mol. The Hall–Kier alpha value is -1.10. The molecule has 1 aromatic carbocycles. The minimum absolute atomic E-state index is 0.00493. The molecule has 5 heteroatoms. The Kier molecular flexibility index (Phi) is 2.90. The van der Waals surface area contributed by atoms with Gasteiger partial charge in [0, 0.05) is 11.6 Å². The molecule has 0 spiro atoms. The molecule has 0 aliphatic carbocycles. The molecule has 0 amide bonds. The predicted octanol–water partition coefficient (Wildman–Crippen LogP) is 1.17.